The van der Waals surface area contributed by atoms with Crippen LogP contribution in [0.4, 0.5) is 42.4 Å². The molecule has 1 aliphatic rings. The standard InChI is InChI=1S/C21H17F7N8/c1-34-8-18(31-33-34)35-10-19(11-35,12-2-4-13(22)5-3-12)9-29-16-6-14(20(23,24)25)30-17-7-15(21(26,27)28)32-36(16)17/h2-8,29H,9-11H2,1H3. The van der Waals surface area contributed by atoms with Gasteiger partial charge < -0.3 is 10.2 Å². The second-order valence-electron chi connectivity index (χ2n) is 8.57. The fourth-order valence-electron chi connectivity index (χ4n) is 4.17. The smallest absolute Gasteiger partial charge is 0.369 e. The van der Waals surface area contributed by atoms with E-state index in [-0.39, 0.29) is 12.4 Å². The number of halogens is 7. The Kier molecular flexibility index (Phi) is 5.33. The van der Waals surface area contributed by atoms with Crippen LogP contribution in [0.2, 0.25) is 0 Å². The first-order valence-electron chi connectivity index (χ1n) is 10.5. The lowest BCUT2D eigenvalue weighted by atomic mass is 9.73. The van der Waals surface area contributed by atoms with Gasteiger partial charge in [-0.2, -0.15) is 36.0 Å². The topological polar surface area (TPSA) is 76.2 Å². The molecule has 0 aliphatic carbocycles. The van der Waals surface area contributed by atoms with Crippen LogP contribution in [0.3, 0.4) is 0 Å². The summed E-state index contributed by atoms with van der Waals surface area (Å²) in [6.07, 6.45) is -8.08. The van der Waals surface area contributed by atoms with Gasteiger partial charge in [0, 0.05) is 44.2 Å². The van der Waals surface area contributed by atoms with E-state index < -0.39 is 40.6 Å². The van der Waals surface area contributed by atoms with Crippen molar-refractivity contribution in [3.05, 3.63) is 65.4 Å². The zero-order chi connectivity index (χ0) is 25.9. The van der Waals surface area contributed by atoms with Crippen LogP contribution in [0.1, 0.15) is 17.0 Å². The molecule has 0 unspecified atom stereocenters. The van der Waals surface area contributed by atoms with Crippen molar-refractivity contribution in [1.82, 2.24) is 29.6 Å². The van der Waals surface area contributed by atoms with E-state index in [4.69, 9.17) is 0 Å². The number of nitrogens with zero attached hydrogens (tertiary/aromatic N) is 7. The lowest BCUT2D eigenvalue weighted by Gasteiger charge is -2.50. The summed E-state index contributed by atoms with van der Waals surface area (Å²) in [4.78, 5) is 5.18. The summed E-state index contributed by atoms with van der Waals surface area (Å²) in [5.41, 5.74) is -3.38. The van der Waals surface area contributed by atoms with Gasteiger partial charge in [-0.05, 0) is 17.7 Å². The van der Waals surface area contributed by atoms with Gasteiger partial charge in [0.2, 0.25) is 0 Å². The predicted octanol–water partition coefficient (Wildman–Crippen LogP) is 3.90. The van der Waals surface area contributed by atoms with Crippen molar-refractivity contribution >= 4 is 17.3 Å². The van der Waals surface area contributed by atoms with E-state index in [1.807, 2.05) is 4.90 Å². The summed E-state index contributed by atoms with van der Waals surface area (Å²) in [5, 5.41) is 14.2. The number of aryl methyl sites for hydroxylation is 1. The minimum absolute atomic E-state index is 0.00696. The van der Waals surface area contributed by atoms with E-state index in [0.717, 1.165) is 0 Å². The first-order valence-corrected chi connectivity index (χ1v) is 10.5. The Morgan fingerprint density at radius 1 is 0.972 bits per heavy atom. The molecule has 1 saturated heterocycles. The van der Waals surface area contributed by atoms with Gasteiger partial charge in [-0.15, -0.1) is 5.10 Å². The third-order valence-corrected chi connectivity index (χ3v) is 5.97. The van der Waals surface area contributed by atoms with E-state index in [9.17, 15) is 30.7 Å². The van der Waals surface area contributed by atoms with Crippen molar-refractivity contribution in [2.75, 3.05) is 29.9 Å². The highest BCUT2D eigenvalue weighted by molar-refractivity contribution is 5.54. The Bertz CT molecular complexity index is 1400. The highest BCUT2D eigenvalue weighted by Crippen LogP contribution is 2.38. The van der Waals surface area contributed by atoms with Crippen LogP contribution in [0.25, 0.3) is 5.65 Å². The Hall–Kier alpha value is -3.91. The fourth-order valence-corrected chi connectivity index (χ4v) is 4.17. The lowest BCUT2D eigenvalue weighted by molar-refractivity contribution is -0.142. The summed E-state index contributed by atoms with van der Waals surface area (Å²) in [6.45, 7) is 0.697. The molecule has 1 aliphatic heterocycles. The van der Waals surface area contributed by atoms with Crippen molar-refractivity contribution < 1.29 is 30.7 Å². The van der Waals surface area contributed by atoms with Gasteiger partial charge in [-0.3, -0.25) is 4.68 Å². The molecule has 8 nitrogen and oxygen atoms in total. The molecule has 0 radical (unpaired) electrons. The van der Waals surface area contributed by atoms with E-state index in [2.05, 4.69) is 25.7 Å². The summed E-state index contributed by atoms with van der Waals surface area (Å²) in [6, 6.07) is 6.70. The van der Waals surface area contributed by atoms with Crippen molar-refractivity contribution in [3.63, 3.8) is 0 Å². The number of fused-ring (bicyclic) bond motifs is 1. The van der Waals surface area contributed by atoms with Gasteiger partial charge in [-0.1, -0.05) is 17.3 Å². The molecule has 1 N–H and O–H groups in total. The number of alkyl halides is 6. The van der Waals surface area contributed by atoms with Crippen LogP contribution in [-0.4, -0.2) is 49.2 Å². The van der Waals surface area contributed by atoms with E-state index in [1.54, 1.807) is 25.4 Å². The summed E-state index contributed by atoms with van der Waals surface area (Å²) in [7, 11) is 1.69. The largest absolute Gasteiger partial charge is 0.435 e. The molecule has 1 fully saturated rings. The van der Waals surface area contributed by atoms with Gasteiger partial charge in [0.1, 0.15) is 11.6 Å². The summed E-state index contributed by atoms with van der Waals surface area (Å²) < 4.78 is 95.6. The van der Waals surface area contributed by atoms with Crippen LogP contribution in [0.15, 0.2) is 42.6 Å². The molecule has 5 rings (SSSR count). The summed E-state index contributed by atoms with van der Waals surface area (Å²) in [5.74, 6) is -0.209. The Balaban J connectivity index is 1.50. The number of aromatic nitrogens is 6. The Morgan fingerprint density at radius 3 is 2.22 bits per heavy atom. The molecule has 0 bridgehead atoms. The van der Waals surface area contributed by atoms with Crippen LogP contribution in [0.5, 0.6) is 0 Å². The molecular weight excluding hydrogens is 497 g/mol. The normalized spacial score (nSPS) is 15.8. The average Bonchev–Trinajstić information content (AvgIpc) is 3.39. The van der Waals surface area contributed by atoms with Crippen molar-refractivity contribution in [1.29, 1.82) is 0 Å². The van der Waals surface area contributed by atoms with Crippen LogP contribution < -0.4 is 10.2 Å². The maximum Gasteiger partial charge on any atom is 0.435 e. The number of nitrogens with one attached hydrogen (secondary N) is 1. The zero-order valence-electron chi connectivity index (χ0n) is 18.4. The van der Waals surface area contributed by atoms with Crippen LogP contribution in [0, 0.1) is 5.82 Å². The van der Waals surface area contributed by atoms with Crippen molar-refractivity contribution in [2.24, 2.45) is 7.05 Å². The second kappa shape index (κ2) is 8.06. The number of rotatable bonds is 5. The zero-order valence-corrected chi connectivity index (χ0v) is 18.4. The SMILES string of the molecule is Cn1cc(N2CC(CNc3cc(C(F)(F)F)nc4cc(C(F)(F)F)nn34)(c3ccc(F)cc3)C2)nn1. The number of anilines is 2. The number of benzene rings is 1. The fraction of sp³-hybridized carbons (Fsp3) is 0.333. The highest BCUT2D eigenvalue weighted by atomic mass is 19.4. The first-order chi connectivity index (χ1) is 16.8. The molecule has 15 heteroatoms. The second-order valence-corrected chi connectivity index (χ2v) is 8.57. The van der Waals surface area contributed by atoms with Crippen molar-refractivity contribution in [3.8, 4) is 0 Å². The number of hydrogen-bond acceptors (Lipinski definition) is 6. The van der Waals surface area contributed by atoms with E-state index in [0.29, 0.717) is 41.1 Å². The van der Waals surface area contributed by atoms with E-state index >= 15 is 0 Å². The lowest BCUT2D eigenvalue weighted by Crippen LogP contribution is -2.63. The third-order valence-electron chi connectivity index (χ3n) is 5.97. The Morgan fingerprint density at radius 2 is 1.64 bits per heavy atom. The van der Waals surface area contributed by atoms with Gasteiger partial charge in [0.15, 0.2) is 22.9 Å². The predicted molar refractivity (Wildman–Crippen MR) is 113 cm³/mol. The summed E-state index contributed by atoms with van der Waals surface area (Å²) >= 11 is 0. The molecule has 1 aromatic carbocycles. The van der Waals surface area contributed by atoms with Gasteiger partial charge in [0.25, 0.3) is 0 Å². The monoisotopic (exact) mass is 514 g/mol. The third kappa shape index (κ3) is 4.28. The average molecular weight is 514 g/mol. The maximum absolute atomic E-state index is 13.6. The molecular formula is C21H17F7N8. The molecule has 0 amide bonds. The molecule has 0 saturated carbocycles. The van der Waals surface area contributed by atoms with Crippen LogP contribution >= 0.6 is 0 Å². The molecule has 4 heterocycles. The first kappa shape index (κ1) is 23.8. The molecule has 36 heavy (non-hydrogen) atoms. The molecule has 3 aromatic heterocycles. The quantitative estimate of drug-likeness (QED) is 0.408. The maximum atomic E-state index is 13.6. The van der Waals surface area contributed by atoms with Gasteiger partial charge in [0.05, 0.1) is 6.20 Å². The van der Waals surface area contributed by atoms with Gasteiger partial charge in [-0.25, -0.2) is 9.37 Å². The molecule has 4 aromatic rings. The minimum atomic E-state index is -4.89. The van der Waals surface area contributed by atoms with E-state index in [1.165, 1.54) is 16.8 Å². The highest BCUT2D eigenvalue weighted by Gasteiger charge is 2.46. The molecule has 0 spiro atoms. The van der Waals surface area contributed by atoms with Gasteiger partial charge >= 0.3 is 12.4 Å². The van der Waals surface area contributed by atoms with Crippen molar-refractivity contribution in [2.45, 2.75) is 17.8 Å². The molecule has 190 valence electrons. The van der Waals surface area contributed by atoms with Crippen LogP contribution in [-0.2, 0) is 24.8 Å². The minimum Gasteiger partial charge on any atom is -0.369 e. The molecule has 0 atom stereocenters. The number of hydrogen-bond donors (Lipinski definition) is 1. The Labute approximate surface area is 198 Å².